The van der Waals surface area contributed by atoms with Crippen molar-refractivity contribution in [3.8, 4) is 6.19 Å². The third kappa shape index (κ3) is 6.16. The Kier molecular flexibility index (Phi) is 7.29. The number of amidine groups is 1. The number of aliphatic imine (C=N–C) groups is 1. The fourth-order valence-corrected chi connectivity index (χ4v) is 2.94. The van der Waals surface area contributed by atoms with Crippen molar-refractivity contribution in [2.45, 2.75) is 26.4 Å². The first-order valence-corrected chi connectivity index (χ1v) is 10.1. The number of amides is 2. The molecule has 0 saturated carbocycles. The quantitative estimate of drug-likeness (QED) is 0.353. The van der Waals surface area contributed by atoms with Crippen LogP contribution in [-0.2, 0) is 4.74 Å². The highest BCUT2D eigenvalue weighted by Gasteiger charge is 2.28. The molecule has 0 atom stereocenters. The summed E-state index contributed by atoms with van der Waals surface area (Å²) in [6, 6.07) is 6.95. The molecule has 0 aliphatic carbocycles. The third-order valence-electron chi connectivity index (χ3n) is 3.90. The molecule has 150 valence electrons. The molecule has 1 aromatic carbocycles. The topological polar surface area (TPSA) is 98.0 Å². The molecule has 1 aromatic rings. The number of ether oxygens (including phenoxy) is 1. The number of nitriles is 1. The van der Waals surface area contributed by atoms with Crippen LogP contribution in [0.3, 0.4) is 0 Å². The minimum Gasteiger partial charge on any atom is -0.444 e. The molecule has 2 rings (SSSR count). The van der Waals surface area contributed by atoms with E-state index in [4.69, 9.17) is 10.00 Å². The Morgan fingerprint density at radius 2 is 1.86 bits per heavy atom. The van der Waals surface area contributed by atoms with E-state index in [1.165, 1.54) is 11.8 Å². The van der Waals surface area contributed by atoms with E-state index >= 15 is 0 Å². The van der Waals surface area contributed by atoms with Crippen molar-refractivity contribution >= 4 is 34.6 Å². The Balaban J connectivity index is 2.01. The predicted molar refractivity (Wildman–Crippen MR) is 110 cm³/mol. The normalized spacial score (nSPS) is 15.0. The van der Waals surface area contributed by atoms with Crippen LogP contribution < -0.4 is 5.32 Å². The van der Waals surface area contributed by atoms with E-state index in [-0.39, 0.29) is 12.0 Å². The van der Waals surface area contributed by atoms with Gasteiger partial charge in [-0.05, 0) is 45.2 Å². The average Bonchev–Trinajstić information content (AvgIpc) is 2.66. The van der Waals surface area contributed by atoms with Gasteiger partial charge in [-0.25, -0.2) is 9.79 Å². The first-order valence-electron chi connectivity index (χ1n) is 8.88. The van der Waals surface area contributed by atoms with Crippen molar-refractivity contribution in [2.24, 2.45) is 4.99 Å². The van der Waals surface area contributed by atoms with Gasteiger partial charge in [-0.15, -0.1) is 0 Å². The zero-order valence-electron chi connectivity index (χ0n) is 16.6. The zero-order valence-corrected chi connectivity index (χ0v) is 17.4. The molecule has 1 heterocycles. The van der Waals surface area contributed by atoms with Crippen molar-refractivity contribution in [3.63, 3.8) is 0 Å². The molecule has 0 radical (unpaired) electrons. The average molecular weight is 404 g/mol. The number of thioether (sulfide) groups is 1. The van der Waals surface area contributed by atoms with Crippen LogP contribution in [0.25, 0.3) is 0 Å². The zero-order chi connectivity index (χ0) is 20.7. The molecule has 1 N–H and O–H groups in total. The summed E-state index contributed by atoms with van der Waals surface area (Å²) in [7, 11) is 0. The lowest BCUT2D eigenvalue weighted by Gasteiger charge is -2.35. The van der Waals surface area contributed by atoms with Crippen molar-refractivity contribution in [3.05, 3.63) is 29.8 Å². The molecule has 0 aromatic heterocycles. The summed E-state index contributed by atoms with van der Waals surface area (Å²) >= 11 is 1.31. The second kappa shape index (κ2) is 9.46. The Labute approximate surface area is 169 Å². The van der Waals surface area contributed by atoms with Gasteiger partial charge in [0, 0.05) is 31.7 Å². The minimum atomic E-state index is -0.541. The molecule has 28 heavy (non-hydrogen) atoms. The van der Waals surface area contributed by atoms with Crippen LogP contribution in [0.1, 0.15) is 31.1 Å². The van der Waals surface area contributed by atoms with Crippen molar-refractivity contribution < 1.29 is 14.3 Å². The molecule has 1 saturated heterocycles. The summed E-state index contributed by atoms with van der Waals surface area (Å²) in [5.74, 6) is -0.111. The first-order chi connectivity index (χ1) is 13.2. The van der Waals surface area contributed by atoms with E-state index in [1.54, 1.807) is 34.1 Å². The summed E-state index contributed by atoms with van der Waals surface area (Å²) in [5.41, 5.74) is 0.566. The lowest BCUT2D eigenvalue weighted by Crippen LogP contribution is -2.51. The minimum absolute atomic E-state index is 0.111. The Morgan fingerprint density at radius 1 is 1.21 bits per heavy atom. The molecule has 1 aliphatic heterocycles. The number of benzene rings is 1. The number of carbonyl (C=O) groups excluding carboxylic acids is 2. The van der Waals surface area contributed by atoms with Gasteiger partial charge in [0.05, 0.1) is 5.69 Å². The molecule has 0 bridgehead atoms. The monoisotopic (exact) mass is 403 g/mol. The van der Waals surface area contributed by atoms with Crippen LogP contribution in [0.5, 0.6) is 0 Å². The van der Waals surface area contributed by atoms with Gasteiger partial charge in [0.25, 0.3) is 5.91 Å². The molecule has 1 aliphatic rings. The second-order valence-corrected chi connectivity index (χ2v) is 7.96. The van der Waals surface area contributed by atoms with E-state index in [0.29, 0.717) is 42.6 Å². The van der Waals surface area contributed by atoms with E-state index < -0.39 is 5.60 Å². The fourth-order valence-electron chi connectivity index (χ4n) is 2.60. The van der Waals surface area contributed by atoms with Gasteiger partial charge in [0.1, 0.15) is 5.60 Å². The SMILES string of the molecule is CSC(=Nc1cccc(C(=O)N2CCN(C(=O)OC(C)(C)C)CC2)c1)NC#N. The van der Waals surface area contributed by atoms with E-state index in [1.807, 2.05) is 33.2 Å². The summed E-state index contributed by atoms with van der Waals surface area (Å²) in [4.78, 5) is 32.6. The number of hydrogen-bond donors (Lipinski definition) is 1. The maximum Gasteiger partial charge on any atom is 0.410 e. The summed E-state index contributed by atoms with van der Waals surface area (Å²) in [6.45, 7) is 7.23. The van der Waals surface area contributed by atoms with Crippen LogP contribution >= 0.6 is 11.8 Å². The first kappa shape index (κ1) is 21.6. The van der Waals surface area contributed by atoms with E-state index in [0.717, 1.165) is 0 Å². The molecule has 0 unspecified atom stereocenters. The largest absolute Gasteiger partial charge is 0.444 e. The summed E-state index contributed by atoms with van der Waals surface area (Å²) in [5, 5.41) is 11.7. The number of carbonyl (C=O) groups is 2. The molecule has 1 fully saturated rings. The van der Waals surface area contributed by atoms with Gasteiger partial charge in [-0.3, -0.25) is 10.1 Å². The van der Waals surface area contributed by atoms with Crippen LogP contribution in [-0.4, -0.2) is 65.0 Å². The molecular formula is C19H25N5O3S. The molecule has 0 spiro atoms. The molecule has 2 amide bonds. The standard InChI is InChI=1S/C19H25N5O3S/c1-19(2,3)27-18(26)24-10-8-23(9-11-24)16(25)14-6-5-7-15(12-14)22-17(28-4)21-13-20/h5-7,12H,8-11H2,1-4H3,(H,21,22). The summed E-state index contributed by atoms with van der Waals surface area (Å²) in [6.07, 6.45) is 3.29. The van der Waals surface area contributed by atoms with Crippen LogP contribution in [0.4, 0.5) is 10.5 Å². The molecule has 9 heteroatoms. The lowest BCUT2D eigenvalue weighted by molar-refractivity contribution is 0.0141. The number of nitrogens with one attached hydrogen (secondary N) is 1. The maximum absolute atomic E-state index is 12.8. The number of hydrogen-bond acceptors (Lipinski definition) is 6. The van der Waals surface area contributed by atoms with Gasteiger partial charge < -0.3 is 14.5 Å². The van der Waals surface area contributed by atoms with Gasteiger partial charge in [-0.1, -0.05) is 17.8 Å². The smallest absolute Gasteiger partial charge is 0.410 e. The Bertz CT molecular complexity index is 789. The van der Waals surface area contributed by atoms with Gasteiger partial charge in [0.15, 0.2) is 11.4 Å². The highest BCUT2D eigenvalue weighted by atomic mass is 32.2. The van der Waals surface area contributed by atoms with Crippen LogP contribution in [0.2, 0.25) is 0 Å². The highest BCUT2D eigenvalue weighted by Crippen LogP contribution is 2.19. The van der Waals surface area contributed by atoms with Crippen LogP contribution in [0, 0.1) is 11.5 Å². The van der Waals surface area contributed by atoms with Gasteiger partial charge in [0.2, 0.25) is 0 Å². The van der Waals surface area contributed by atoms with Crippen molar-refractivity contribution in [1.82, 2.24) is 15.1 Å². The lowest BCUT2D eigenvalue weighted by atomic mass is 10.1. The van der Waals surface area contributed by atoms with Gasteiger partial charge in [-0.2, -0.15) is 5.26 Å². The third-order valence-corrected chi connectivity index (χ3v) is 4.48. The van der Waals surface area contributed by atoms with Crippen molar-refractivity contribution in [1.29, 1.82) is 5.26 Å². The molecule has 8 nitrogen and oxygen atoms in total. The fraction of sp³-hybridized carbons (Fsp3) is 0.474. The number of nitrogens with zero attached hydrogens (tertiary/aromatic N) is 4. The Hall–Kier alpha value is -2.73. The molecular weight excluding hydrogens is 378 g/mol. The van der Waals surface area contributed by atoms with Crippen LogP contribution in [0.15, 0.2) is 29.3 Å². The highest BCUT2D eigenvalue weighted by molar-refractivity contribution is 8.13. The number of piperazine rings is 1. The van der Waals surface area contributed by atoms with Crippen molar-refractivity contribution in [2.75, 3.05) is 32.4 Å². The van der Waals surface area contributed by atoms with E-state index in [9.17, 15) is 9.59 Å². The Morgan fingerprint density at radius 3 is 2.43 bits per heavy atom. The van der Waals surface area contributed by atoms with E-state index in [2.05, 4.69) is 10.3 Å². The maximum atomic E-state index is 12.8. The predicted octanol–water partition coefficient (Wildman–Crippen LogP) is 2.80. The summed E-state index contributed by atoms with van der Waals surface area (Å²) < 4.78 is 5.38. The second-order valence-electron chi connectivity index (χ2n) is 7.17. The van der Waals surface area contributed by atoms with Gasteiger partial charge >= 0.3 is 6.09 Å². The number of rotatable bonds is 2.